The van der Waals surface area contributed by atoms with E-state index < -0.39 is 22.0 Å². The molecule has 8 heteroatoms. The third-order valence-corrected chi connectivity index (χ3v) is 5.51. The standard InChI is InChI=1S/C19H22N2O5S/c1-13-6-4-5-7-16(13)20-19(22)14(2)21(27(3,23)24)15-8-9-17-18(12-15)26-11-10-25-17/h4-9,12,14H,10-11H2,1-3H3,(H,20,22). The lowest BCUT2D eigenvalue weighted by atomic mass is 10.2. The molecule has 3 rings (SSSR count). The summed E-state index contributed by atoms with van der Waals surface area (Å²) in [6, 6.07) is 11.2. The second-order valence-corrected chi connectivity index (χ2v) is 8.23. The SMILES string of the molecule is Cc1ccccc1NC(=O)C(C)N(c1ccc2c(c1)OCCO2)S(C)(=O)=O. The third kappa shape index (κ3) is 4.16. The molecule has 1 unspecified atom stereocenters. The van der Waals surface area contributed by atoms with Crippen molar-refractivity contribution < 1.29 is 22.7 Å². The van der Waals surface area contributed by atoms with Gasteiger partial charge in [0.1, 0.15) is 19.3 Å². The Balaban J connectivity index is 1.91. The van der Waals surface area contributed by atoms with Crippen LogP contribution in [-0.4, -0.2) is 39.8 Å². The maximum Gasteiger partial charge on any atom is 0.248 e. The fourth-order valence-electron chi connectivity index (χ4n) is 2.93. The van der Waals surface area contributed by atoms with Crippen LogP contribution >= 0.6 is 0 Å². The highest BCUT2D eigenvalue weighted by Gasteiger charge is 2.30. The Hall–Kier alpha value is -2.74. The summed E-state index contributed by atoms with van der Waals surface area (Å²) in [4.78, 5) is 12.7. The van der Waals surface area contributed by atoms with Crippen molar-refractivity contribution in [2.75, 3.05) is 29.1 Å². The van der Waals surface area contributed by atoms with Crippen LogP contribution in [0.2, 0.25) is 0 Å². The molecular weight excluding hydrogens is 368 g/mol. The molecule has 1 heterocycles. The van der Waals surface area contributed by atoms with Crippen LogP contribution in [0.15, 0.2) is 42.5 Å². The van der Waals surface area contributed by atoms with Gasteiger partial charge in [-0.1, -0.05) is 18.2 Å². The fraction of sp³-hybridized carbons (Fsp3) is 0.316. The molecule has 0 saturated heterocycles. The Morgan fingerprint density at radius 2 is 1.78 bits per heavy atom. The molecule has 0 aromatic heterocycles. The van der Waals surface area contributed by atoms with E-state index in [9.17, 15) is 13.2 Å². The minimum absolute atomic E-state index is 0.342. The van der Waals surface area contributed by atoms with Crippen molar-refractivity contribution in [3.63, 3.8) is 0 Å². The van der Waals surface area contributed by atoms with Crippen molar-refractivity contribution in [1.82, 2.24) is 0 Å². The number of anilines is 2. The van der Waals surface area contributed by atoms with Crippen LogP contribution in [0.5, 0.6) is 11.5 Å². The number of para-hydroxylation sites is 1. The Bertz CT molecular complexity index is 958. The van der Waals surface area contributed by atoms with E-state index in [1.54, 1.807) is 31.2 Å². The molecule has 1 aliphatic heterocycles. The Labute approximate surface area is 158 Å². The monoisotopic (exact) mass is 390 g/mol. The zero-order chi connectivity index (χ0) is 19.6. The first-order chi connectivity index (χ1) is 12.8. The van der Waals surface area contributed by atoms with E-state index in [0.29, 0.717) is 36.1 Å². The van der Waals surface area contributed by atoms with Crippen molar-refractivity contribution in [3.05, 3.63) is 48.0 Å². The summed E-state index contributed by atoms with van der Waals surface area (Å²) >= 11 is 0. The average Bonchev–Trinajstić information content (AvgIpc) is 2.62. The molecule has 0 spiro atoms. The van der Waals surface area contributed by atoms with E-state index >= 15 is 0 Å². The van der Waals surface area contributed by atoms with Crippen molar-refractivity contribution in [3.8, 4) is 11.5 Å². The van der Waals surface area contributed by atoms with Crippen LogP contribution in [0, 0.1) is 6.92 Å². The second kappa shape index (κ2) is 7.48. The van der Waals surface area contributed by atoms with E-state index in [2.05, 4.69) is 5.32 Å². The molecule has 1 atom stereocenters. The first kappa shape index (κ1) is 19.0. The molecule has 1 aliphatic rings. The van der Waals surface area contributed by atoms with Gasteiger partial charge >= 0.3 is 0 Å². The maximum absolute atomic E-state index is 12.7. The first-order valence-electron chi connectivity index (χ1n) is 8.53. The number of amides is 1. The number of aryl methyl sites for hydroxylation is 1. The van der Waals surface area contributed by atoms with E-state index in [1.165, 1.54) is 0 Å². The maximum atomic E-state index is 12.7. The number of hydrogen-bond donors (Lipinski definition) is 1. The number of sulfonamides is 1. The predicted octanol–water partition coefficient (Wildman–Crippen LogP) is 2.56. The molecule has 0 saturated carbocycles. The number of carbonyl (C=O) groups excluding carboxylic acids is 1. The third-order valence-electron chi connectivity index (χ3n) is 4.27. The van der Waals surface area contributed by atoms with E-state index in [0.717, 1.165) is 16.1 Å². The number of benzene rings is 2. The van der Waals surface area contributed by atoms with Crippen LogP contribution in [0.25, 0.3) is 0 Å². The Morgan fingerprint density at radius 3 is 2.44 bits per heavy atom. The lowest BCUT2D eigenvalue weighted by molar-refractivity contribution is -0.116. The lowest BCUT2D eigenvalue weighted by Gasteiger charge is -2.29. The predicted molar refractivity (Wildman–Crippen MR) is 104 cm³/mol. The highest BCUT2D eigenvalue weighted by atomic mass is 32.2. The topological polar surface area (TPSA) is 84.9 Å². The number of ether oxygens (including phenoxy) is 2. The van der Waals surface area contributed by atoms with Gasteiger partial charge in [-0.2, -0.15) is 0 Å². The summed E-state index contributed by atoms with van der Waals surface area (Å²) < 4.78 is 37.0. The molecule has 7 nitrogen and oxygen atoms in total. The van der Waals surface area contributed by atoms with Gasteiger partial charge in [-0.25, -0.2) is 8.42 Å². The average molecular weight is 390 g/mol. The molecule has 144 valence electrons. The highest BCUT2D eigenvalue weighted by molar-refractivity contribution is 7.92. The minimum atomic E-state index is -3.72. The van der Waals surface area contributed by atoms with Gasteiger partial charge in [-0.05, 0) is 37.6 Å². The molecule has 27 heavy (non-hydrogen) atoms. The van der Waals surface area contributed by atoms with E-state index in [-0.39, 0.29) is 0 Å². The zero-order valence-corrected chi connectivity index (χ0v) is 16.2. The number of nitrogens with zero attached hydrogens (tertiary/aromatic N) is 1. The molecule has 2 aromatic carbocycles. The lowest BCUT2D eigenvalue weighted by Crippen LogP contribution is -2.45. The fourth-order valence-corrected chi connectivity index (χ4v) is 4.09. The van der Waals surface area contributed by atoms with Gasteiger partial charge < -0.3 is 14.8 Å². The second-order valence-electron chi connectivity index (χ2n) is 6.37. The van der Waals surface area contributed by atoms with E-state index in [4.69, 9.17) is 9.47 Å². The summed E-state index contributed by atoms with van der Waals surface area (Å²) in [5.41, 5.74) is 1.88. The van der Waals surface area contributed by atoms with Crippen LogP contribution in [0.4, 0.5) is 11.4 Å². The first-order valence-corrected chi connectivity index (χ1v) is 10.4. The normalized spacial score (nSPS) is 14.3. The smallest absolute Gasteiger partial charge is 0.248 e. The van der Waals surface area contributed by atoms with Gasteiger partial charge in [0.2, 0.25) is 15.9 Å². The number of rotatable bonds is 5. The molecule has 1 amide bonds. The van der Waals surface area contributed by atoms with Crippen LogP contribution in [0.3, 0.4) is 0 Å². The summed E-state index contributed by atoms with van der Waals surface area (Å²) in [6.45, 7) is 4.25. The van der Waals surface area contributed by atoms with Gasteiger partial charge in [0.05, 0.1) is 11.9 Å². The summed E-state index contributed by atoms with van der Waals surface area (Å²) in [6.07, 6.45) is 1.07. The molecule has 0 bridgehead atoms. The molecular formula is C19H22N2O5S. The van der Waals surface area contributed by atoms with Crippen molar-refractivity contribution in [2.24, 2.45) is 0 Å². The largest absolute Gasteiger partial charge is 0.486 e. The number of carbonyl (C=O) groups is 1. The summed E-state index contributed by atoms with van der Waals surface area (Å²) in [5, 5.41) is 2.79. The van der Waals surface area contributed by atoms with Gasteiger partial charge in [-0.15, -0.1) is 0 Å². The van der Waals surface area contributed by atoms with E-state index in [1.807, 2.05) is 25.1 Å². The van der Waals surface area contributed by atoms with Gasteiger partial charge in [0.15, 0.2) is 11.5 Å². The summed E-state index contributed by atoms with van der Waals surface area (Å²) in [7, 11) is -3.72. The van der Waals surface area contributed by atoms with Crippen LogP contribution in [-0.2, 0) is 14.8 Å². The molecule has 0 radical (unpaired) electrons. The molecule has 0 fully saturated rings. The van der Waals surface area contributed by atoms with Crippen molar-refractivity contribution >= 4 is 27.3 Å². The quantitative estimate of drug-likeness (QED) is 0.848. The van der Waals surface area contributed by atoms with Gasteiger partial charge in [0, 0.05) is 11.8 Å². The number of hydrogen-bond acceptors (Lipinski definition) is 5. The summed E-state index contributed by atoms with van der Waals surface area (Å²) in [5.74, 6) is 0.582. The molecule has 2 aromatic rings. The molecule has 1 N–H and O–H groups in total. The van der Waals surface area contributed by atoms with Crippen molar-refractivity contribution in [1.29, 1.82) is 0 Å². The number of nitrogens with one attached hydrogen (secondary N) is 1. The Morgan fingerprint density at radius 1 is 1.11 bits per heavy atom. The minimum Gasteiger partial charge on any atom is -0.486 e. The van der Waals surface area contributed by atoms with Crippen LogP contribution in [0.1, 0.15) is 12.5 Å². The Kier molecular flexibility index (Phi) is 5.27. The highest BCUT2D eigenvalue weighted by Crippen LogP contribution is 2.35. The molecule has 0 aliphatic carbocycles. The zero-order valence-electron chi connectivity index (χ0n) is 15.4. The van der Waals surface area contributed by atoms with Crippen LogP contribution < -0.4 is 19.1 Å². The van der Waals surface area contributed by atoms with Gasteiger partial charge in [-0.3, -0.25) is 9.10 Å². The van der Waals surface area contributed by atoms with Gasteiger partial charge in [0.25, 0.3) is 0 Å². The van der Waals surface area contributed by atoms with Crippen molar-refractivity contribution in [2.45, 2.75) is 19.9 Å². The number of fused-ring (bicyclic) bond motifs is 1.